The summed E-state index contributed by atoms with van der Waals surface area (Å²) in [5.74, 6) is 1.20. The highest BCUT2D eigenvalue weighted by atomic mass is 32.2. The van der Waals surface area contributed by atoms with E-state index in [0.29, 0.717) is 28.4 Å². The van der Waals surface area contributed by atoms with E-state index in [4.69, 9.17) is 9.47 Å². The van der Waals surface area contributed by atoms with Crippen molar-refractivity contribution in [2.45, 2.75) is 11.8 Å². The lowest BCUT2D eigenvalue weighted by Gasteiger charge is -2.09. The molecule has 0 fully saturated rings. The molecule has 0 radical (unpaired) electrons. The maximum Gasteiger partial charge on any atom is 0.323 e. The number of nitrogens with zero attached hydrogens (tertiary/aromatic N) is 1. The molecule has 0 spiro atoms. The molecule has 0 bridgehead atoms. The van der Waals surface area contributed by atoms with Gasteiger partial charge in [0, 0.05) is 17.4 Å². The van der Waals surface area contributed by atoms with Gasteiger partial charge in [0.05, 0.1) is 15.1 Å². The van der Waals surface area contributed by atoms with Gasteiger partial charge in [0.25, 0.3) is 10.0 Å². The molecule has 0 saturated heterocycles. The van der Waals surface area contributed by atoms with Crippen LogP contribution in [-0.2, 0) is 10.0 Å². The number of carbonyl (C=O) groups excluding carboxylic acids is 1. The summed E-state index contributed by atoms with van der Waals surface area (Å²) in [6.45, 7) is 2.00. The molecule has 3 N–H and O–H groups in total. The van der Waals surface area contributed by atoms with Gasteiger partial charge in [-0.25, -0.2) is 18.2 Å². The van der Waals surface area contributed by atoms with Crippen molar-refractivity contribution in [3.63, 3.8) is 0 Å². The van der Waals surface area contributed by atoms with Gasteiger partial charge in [0.1, 0.15) is 0 Å². The number of urea groups is 1. The first kappa shape index (κ1) is 21.0. The molecule has 1 aromatic heterocycles. The Balaban J connectivity index is 1.33. The maximum absolute atomic E-state index is 12.6. The van der Waals surface area contributed by atoms with Crippen LogP contribution in [0.2, 0.25) is 0 Å². The van der Waals surface area contributed by atoms with Gasteiger partial charge < -0.3 is 20.1 Å². The van der Waals surface area contributed by atoms with Crippen LogP contribution in [-0.4, -0.2) is 26.2 Å². The van der Waals surface area contributed by atoms with Crippen LogP contribution in [0.15, 0.2) is 65.6 Å². The highest BCUT2D eigenvalue weighted by molar-refractivity contribution is 7.93. The summed E-state index contributed by atoms with van der Waals surface area (Å²) in [5.41, 5.74) is 2.57. The van der Waals surface area contributed by atoms with Crippen molar-refractivity contribution in [1.82, 2.24) is 4.98 Å². The third-order valence-corrected chi connectivity index (χ3v) is 7.25. The number of benzene rings is 3. The van der Waals surface area contributed by atoms with Crippen LogP contribution in [0, 0.1) is 6.92 Å². The van der Waals surface area contributed by atoms with E-state index in [2.05, 4.69) is 20.3 Å². The number of ether oxygens (including phenoxy) is 2. The number of aryl methyl sites for hydroxylation is 1. The summed E-state index contributed by atoms with van der Waals surface area (Å²) in [6.07, 6.45) is 0. The number of amides is 2. The fraction of sp³-hybridized carbons (Fsp3) is 0.0909. The molecule has 168 valence electrons. The summed E-state index contributed by atoms with van der Waals surface area (Å²) < 4.78 is 39.0. The molecular weight excluding hydrogens is 464 g/mol. The first-order valence-corrected chi connectivity index (χ1v) is 12.1. The first-order valence-electron chi connectivity index (χ1n) is 9.84. The molecule has 3 aromatic carbocycles. The fourth-order valence-electron chi connectivity index (χ4n) is 3.35. The van der Waals surface area contributed by atoms with Crippen LogP contribution in [0.4, 0.5) is 21.3 Å². The molecule has 9 nitrogen and oxygen atoms in total. The minimum atomic E-state index is -3.74. The monoisotopic (exact) mass is 482 g/mol. The van der Waals surface area contributed by atoms with Crippen molar-refractivity contribution in [3.05, 3.63) is 66.2 Å². The molecule has 1 aliphatic heterocycles. The summed E-state index contributed by atoms with van der Waals surface area (Å²) >= 11 is 1.19. The SMILES string of the molecule is Cc1cc(NC(=O)Nc2ccc3c(c2)OCO3)cc2sc(NS(=O)(=O)c3ccccc3)nc12. The number of sulfonamides is 1. The third kappa shape index (κ3) is 4.41. The maximum atomic E-state index is 12.6. The molecule has 5 rings (SSSR count). The van der Waals surface area contributed by atoms with Gasteiger partial charge >= 0.3 is 6.03 Å². The summed E-state index contributed by atoms with van der Waals surface area (Å²) in [5, 5.41) is 5.79. The van der Waals surface area contributed by atoms with Crippen molar-refractivity contribution in [2.24, 2.45) is 0 Å². The van der Waals surface area contributed by atoms with Gasteiger partial charge in [-0.05, 0) is 48.9 Å². The van der Waals surface area contributed by atoms with E-state index in [1.54, 1.807) is 48.5 Å². The molecule has 4 aromatic rings. The van der Waals surface area contributed by atoms with Gasteiger partial charge in [-0.1, -0.05) is 29.5 Å². The number of hydrogen-bond acceptors (Lipinski definition) is 7. The Labute approximate surface area is 193 Å². The van der Waals surface area contributed by atoms with E-state index < -0.39 is 16.1 Å². The van der Waals surface area contributed by atoms with E-state index in [1.807, 2.05) is 6.92 Å². The first-order chi connectivity index (χ1) is 15.9. The molecule has 1 aliphatic rings. The Hall–Kier alpha value is -3.83. The summed E-state index contributed by atoms with van der Waals surface area (Å²) in [7, 11) is -3.74. The zero-order valence-electron chi connectivity index (χ0n) is 17.3. The van der Waals surface area contributed by atoms with Crippen LogP contribution < -0.4 is 24.8 Å². The second-order valence-corrected chi connectivity index (χ2v) is 9.94. The number of nitrogens with one attached hydrogen (secondary N) is 3. The van der Waals surface area contributed by atoms with E-state index in [0.717, 1.165) is 10.3 Å². The molecule has 2 amide bonds. The normalized spacial score (nSPS) is 12.5. The Morgan fingerprint density at radius 2 is 1.73 bits per heavy atom. The van der Waals surface area contributed by atoms with Crippen LogP contribution in [0.3, 0.4) is 0 Å². The van der Waals surface area contributed by atoms with Crippen molar-refractivity contribution in [3.8, 4) is 11.5 Å². The number of fused-ring (bicyclic) bond motifs is 2. The van der Waals surface area contributed by atoms with Gasteiger partial charge in [0.15, 0.2) is 16.6 Å². The van der Waals surface area contributed by atoms with Crippen LogP contribution in [0.25, 0.3) is 10.2 Å². The van der Waals surface area contributed by atoms with E-state index >= 15 is 0 Å². The predicted octanol–water partition coefficient (Wildman–Crippen LogP) is 4.78. The van der Waals surface area contributed by atoms with Crippen LogP contribution in [0.5, 0.6) is 11.5 Å². The average Bonchev–Trinajstić information content (AvgIpc) is 3.40. The lowest BCUT2D eigenvalue weighted by molar-refractivity contribution is 0.174. The molecule has 0 unspecified atom stereocenters. The number of carbonyl (C=O) groups is 1. The molecular formula is C22H18N4O5S2. The second-order valence-electron chi connectivity index (χ2n) is 7.22. The molecule has 0 atom stereocenters. The van der Waals surface area contributed by atoms with Crippen molar-refractivity contribution in [2.75, 3.05) is 22.1 Å². The zero-order chi connectivity index (χ0) is 23.0. The molecule has 0 aliphatic carbocycles. The summed E-state index contributed by atoms with van der Waals surface area (Å²) in [6, 6.07) is 16.3. The van der Waals surface area contributed by atoms with Crippen LogP contribution >= 0.6 is 11.3 Å². The van der Waals surface area contributed by atoms with Crippen molar-refractivity contribution in [1.29, 1.82) is 0 Å². The van der Waals surface area contributed by atoms with E-state index in [9.17, 15) is 13.2 Å². The number of rotatable bonds is 5. The number of aromatic nitrogens is 1. The minimum Gasteiger partial charge on any atom is -0.454 e. The third-order valence-electron chi connectivity index (χ3n) is 4.85. The Morgan fingerprint density at radius 1 is 0.970 bits per heavy atom. The zero-order valence-corrected chi connectivity index (χ0v) is 18.9. The van der Waals surface area contributed by atoms with E-state index in [-0.39, 0.29) is 16.8 Å². The standard InChI is InChI=1S/C22H18N4O5S2/c1-13-9-15(24-21(27)23-14-7-8-17-18(10-14)31-12-30-17)11-19-20(13)25-22(32-19)26-33(28,29)16-5-3-2-4-6-16/h2-11H,12H2,1H3,(H,25,26)(H2,23,24,27). The largest absolute Gasteiger partial charge is 0.454 e. The topological polar surface area (TPSA) is 119 Å². The molecule has 11 heteroatoms. The van der Waals surface area contributed by atoms with E-state index in [1.165, 1.54) is 23.5 Å². The average molecular weight is 483 g/mol. The Kier molecular flexibility index (Phi) is 5.27. The highest BCUT2D eigenvalue weighted by Gasteiger charge is 2.18. The van der Waals surface area contributed by atoms with Crippen LogP contribution in [0.1, 0.15) is 5.56 Å². The lowest BCUT2D eigenvalue weighted by Crippen LogP contribution is -2.19. The Bertz CT molecular complexity index is 1470. The van der Waals surface area contributed by atoms with Gasteiger partial charge in [-0.15, -0.1) is 0 Å². The number of anilines is 3. The number of thiazole rings is 1. The smallest absolute Gasteiger partial charge is 0.323 e. The second kappa shape index (κ2) is 8.26. The van der Waals surface area contributed by atoms with Crippen molar-refractivity contribution < 1.29 is 22.7 Å². The predicted molar refractivity (Wildman–Crippen MR) is 127 cm³/mol. The highest BCUT2D eigenvalue weighted by Crippen LogP contribution is 2.35. The quantitative estimate of drug-likeness (QED) is 0.377. The molecule has 0 saturated carbocycles. The molecule has 33 heavy (non-hydrogen) atoms. The van der Waals surface area contributed by atoms with Crippen molar-refractivity contribution >= 4 is 54.1 Å². The van der Waals surface area contributed by atoms with Gasteiger partial charge in [-0.3, -0.25) is 4.72 Å². The fourth-order valence-corrected chi connectivity index (χ4v) is 5.59. The van der Waals surface area contributed by atoms with Gasteiger partial charge in [0.2, 0.25) is 6.79 Å². The van der Waals surface area contributed by atoms with Gasteiger partial charge in [-0.2, -0.15) is 0 Å². The minimum absolute atomic E-state index is 0.155. The number of hydrogen-bond donors (Lipinski definition) is 3. The lowest BCUT2D eigenvalue weighted by atomic mass is 10.2. The molecule has 2 heterocycles. The summed E-state index contributed by atoms with van der Waals surface area (Å²) in [4.78, 5) is 17.1. The Morgan fingerprint density at radius 3 is 2.55 bits per heavy atom.